The molecule has 158 valence electrons. The minimum atomic E-state index is -0.403. The van der Waals surface area contributed by atoms with Crippen molar-refractivity contribution in [2.75, 3.05) is 10.2 Å². The predicted molar refractivity (Wildman–Crippen MR) is 128 cm³/mol. The summed E-state index contributed by atoms with van der Waals surface area (Å²) in [4.78, 5) is 18.7. The molecule has 2 aromatic carbocycles. The van der Waals surface area contributed by atoms with Crippen molar-refractivity contribution in [2.24, 2.45) is 10.9 Å². The molecule has 1 N–H and O–H groups in total. The van der Waals surface area contributed by atoms with E-state index in [0.29, 0.717) is 11.4 Å². The van der Waals surface area contributed by atoms with Gasteiger partial charge in [-0.1, -0.05) is 58.5 Å². The summed E-state index contributed by atoms with van der Waals surface area (Å²) in [7, 11) is 0. The Morgan fingerprint density at radius 3 is 2.37 bits per heavy atom. The van der Waals surface area contributed by atoms with E-state index in [-0.39, 0.29) is 23.0 Å². The van der Waals surface area contributed by atoms with Gasteiger partial charge in [-0.05, 0) is 37.3 Å². The molecule has 0 radical (unpaired) electrons. The minimum Gasteiger partial charge on any atom is -0.321 e. The third kappa shape index (κ3) is 4.65. The molecule has 0 saturated carbocycles. The average Bonchev–Trinajstić information content (AvgIpc) is 2.75. The van der Waals surface area contributed by atoms with Crippen molar-refractivity contribution in [1.29, 1.82) is 0 Å². The number of nitrogens with zero attached hydrogens (tertiary/aromatic N) is 2. The van der Waals surface area contributed by atoms with E-state index in [1.807, 2.05) is 63.8 Å². The van der Waals surface area contributed by atoms with Gasteiger partial charge < -0.3 is 5.32 Å². The molecule has 0 saturated heterocycles. The Kier molecular flexibility index (Phi) is 8.00. The van der Waals surface area contributed by atoms with Gasteiger partial charge in [-0.25, -0.2) is 4.99 Å². The van der Waals surface area contributed by atoms with Gasteiger partial charge >= 0.3 is 0 Å². The van der Waals surface area contributed by atoms with Crippen molar-refractivity contribution in [2.45, 2.75) is 39.5 Å². The fourth-order valence-corrected chi connectivity index (χ4v) is 3.50. The van der Waals surface area contributed by atoms with Crippen molar-refractivity contribution >= 4 is 46.6 Å². The molecule has 0 fully saturated rings. The number of fused-ring (bicyclic) bond motifs is 1. The zero-order valence-electron chi connectivity index (χ0n) is 18.1. The number of carbonyl (C=O) groups excluding carboxylic acids is 1. The monoisotopic (exact) mass is 425 g/mol. The number of rotatable bonds is 5. The third-order valence-electron chi connectivity index (χ3n) is 4.50. The van der Waals surface area contributed by atoms with E-state index in [9.17, 15) is 8.68 Å². The quantitative estimate of drug-likeness (QED) is 0.511. The number of nitrogens with one attached hydrogen (secondary N) is 1. The highest BCUT2D eigenvalue weighted by molar-refractivity contribution is 7.94. The number of aliphatic imine (C=N–C) groups is 1. The van der Waals surface area contributed by atoms with Crippen LogP contribution in [0.25, 0.3) is 5.70 Å². The van der Waals surface area contributed by atoms with E-state index in [2.05, 4.69) is 18.5 Å². The number of amides is 1. The molecule has 30 heavy (non-hydrogen) atoms. The summed E-state index contributed by atoms with van der Waals surface area (Å²) in [5, 5.41) is 2.64. The number of halogens is 1. The number of carbonyl (C=O) groups is 1. The molecular weight excluding hydrogens is 397 g/mol. The van der Waals surface area contributed by atoms with E-state index in [4.69, 9.17) is 4.99 Å². The van der Waals surface area contributed by atoms with Crippen LogP contribution in [0.3, 0.4) is 0 Å². The average molecular weight is 426 g/mol. The van der Waals surface area contributed by atoms with Gasteiger partial charge in [0, 0.05) is 22.9 Å². The Morgan fingerprint density at radius 2 is 1.83 bits per heavy atom. The van der Waals surface area contributed by atoms with Crippen LogP contribution in [0.4, 0.5) is 20.9 Å². The SMILES string of the molecule is C=CC(=O)Nc1ccc2c(c1SF)N=C(C(C)C)N(c1ccc(C)cc1)C2=C.CC. The van der Waals surface area contributed by atoms with Crippen LogP contribution >= 0.6 is 12.1 Å². The molecule has 0 atom stereocenters. The molecule has 2 aromatic rings. The van der Waals surface area contributed by atoms with Gasteiger partial charge in [0.15, 0.2) is 0 Å². The lowest BCUT2D eigenvalue weighted by atomic mass is 10.0. The van der Waals surface area contributed by atoms with Crippen LogP contribution in [0, 0.1) is 12.8 Å². The summed E-state index contributed by atoms with van der Waals surface area (Å²) >= 11 is 0.0616. The lowest BCUT2D eigenvalue weighted by molar-refractivity contribution is -0.111. The molecule has 0 aromatic heterocycles. The molecule has 1 amide bonds. The summed E-state index contributed by atoms with van der Waals surface area (Å²) in [6.07, 6.45) is 1.15. The number of anilines is 2. The maximum atomic E-state index is 13.9. The van der Waals surface area contributed by atoms with Crippen LogP contribution in [0.15, 0.2) is 65.5 Å². The molecule has 0 aliphatic carbocycles. The van der Waals surface area contributed by atoms with E-state index >= 15 is 0 Å². The first-order valence-corrected chi connectivity index (χ1v) is 10.6. The van der Waals surface area contributed by atoms with Gasteiger partial charge in [-0.15, -0.1) is 0 Å². The normalized spacial score (nSPS) is 12.6. The van der Waals surface area contributed by atoms with Crippen LogP contribution in [0.2, 0.25) is 0 Å². The predicted octanol–water partition coefficient (Wildman–Crippen LogP) is 7.30. The van der Waals surface area contributed by atoms with E-state index in [1.165, 1.54) is 0 Å². The number of hydrogen-bond acceptors (Lipinski definition) is 4. The Bertz CT molecular complexity index is 981. The van der Waals surface area contributed by atoms with Crippen LogP contribution in [0.1, 0.15) is 38.8 Å². The van der Waals surface area contributed by atoms with Gasteiger partial charge in [-0.2, -0.15) is 3.89 Å². The first-order chi connectivity index (χ1) is 14.4. The summed E-state index contributed by atoms with van der Waals surface area (Å²) in [5.74, 6) is 0.443. The molecule has 1 heterocycles. The highest BCUT2D eigenvalue weighted by atomic mass is 32.2. The van der Waals surface area contributed by atoms with Gasteiger partial charge in [0.25, 0.3) is 0 Å². The van der Waals surface area contributed by atoms with Gasteiger partial charge in [0.05, 0.1) is 28.4 Å². The van der Waals surface area contributed by atoms with E-state index < -0.39 is 5.91 Å². The first kappa shape index (κ1) is 23.4. The summed E-state index contributed by atoms with van der Waals surface area (Å²) in [5.41, 5.74) is 4.39. The second-order valence-corrected chi connectivity index (χ2v) is 7.41. The highest BCUT2D eigenvalue weighted by Crippen LogP contribution is 2.46. The standard InChI is InChI=1S/C22H22FN3OS.C2H6/c1-6-19(27)24-18-12-11-17-15(5)26(16-9-7-14(4)8-10-16)22(13(2)3)25-20(17)21(18)28-23;1-2/h6-13H,1,5H2,2-4H3,(H,24,27);1-2H3. The fourth-order valence-electron chi connectivity index (χ4n) is 3.07. The van der Waals surface area contributed by atoms with Crippen molar-refractivity contribution in [3.8, 4) is 0 Å². The Balaban J connectivity index is 0.00000155. The summed E-state index contributed by atoms with van der Waals surface area (Å²) in [6, 6.07) is 11.6. The van der Waals surface area contributed by atoms with Crippen LogP contribution < -0.4 is 10.2 Å². The number of aryl methyl sites for hydroxylation is 1. The number of amidine groups is 1. The molecule has 0 unspecified atom stereocenters. The van der Waals surface area contributed by atoms with Crippen LogP contribution in [-0.2, 0) is 4.79 Å². The lowest BCUT2D eigenvalue weighted by Crippen LogP contribution is -2.35. The van der Waals surface area contributed by atoms with Crippen molar-refractivity contribution in [3.63, 3.8) is 0 Å². The summed E-state index contributed by atoms with van der Waals surface area (Å²) < 4.78 is 13.9. The topological polar surface area (TPSA) is 44.7 Å². The number of benzene rings is 2. The molecule has 4 nitrogen and oxygen atoms in total. The van der Waals surface area contributed by atoms with Gasteiger partial charge in [0.2, 0.25) is 5.91 Å². The second-order valence-electron chi connectivity index (χ2n) is 6.85. The smallest absolute Gasteiger partial charge is 0.247 e. The minimum absolute atomic E-state index is 0.0616. The third-order valence-corrected chi connectivity index (χ3v) is 5.06. The number of hydrogen-bond donors (Lipinski definition) is 1. The Labute approximate surface area is 182 Å². The van der Waals surface area contributed by atoms with Gasteiger partial charge in [0.1, 0.15) is 5.84 Å². The fraction of sp³-hybridized carbons (Fsp3) is 0.250. The maximum Gasteiger partial charge on any atom is 0.247 e. The Hall–Kier alpha value is -2.86. The van der Waals surface area contributed by atoms with E-state index in [0.717, 1.165) is 34.4 Å². The molecule has 1 aliphatic heterocycles. The van der Waals surface area contributed by atoms with Crippen molar-refractivity contribution < 1.29 is 8.68 Å². The zero-order valence-corrected chi connectivity index (χ0v) is 18.9. The molecular formula is C24H28FN3OS. The largest absolute Gasteiger partial charge is 0.321 e. The van der Waals surface area contributed by atoms with Crippen LogP contribution in [-0.4, -0.2) is 11.7 Å². The van der Waals surface area contributed by atoms with Crippen LogP contribution in [0.5, 0.6) is 0 Å². The maximum absolute atomic E-state index is 13.9. The molecule has 0 bridgehead atoms. The zero-order chi connectivity index (χ0) is 22.4. The highest BCUT2D eigenvalue weighted by Gasteiger charge is 2.29. The molecule has 0 spiro atoms. The molecule has 1 aliphatic rings. The second kappa shape index (κ2) is 10.3. The molecule has 3 rings (SSSR count). The van der Waals surface area contributed by atoms with Crippen molar-refractivity contribution in [3.05, 3.63) is 66.8 Å². The Morgan fingerprint density at radius 1 is 1.20 bits per heavy atom. The van der Waals surface area contributed by atoms with Crippen molar-refractivity contribution in [1.82, 2.24) is 0 Å². The summed E-state index contributed by atoms with van der Waals surface area (Å²) in [6.45, 7) is 17.8. The lowest BCUT2D eigenvalue weighted by Gasteiger charge is -2.35. The van der Waals surface area contributed by atoms with E-state index in [1.54, 1.807) is 12.1 Å². The molecule has 6 heteroatoms. The van der Waals surface area contributed by atoms with Gasteiger partial charge in [-0.3, -0.25) is 9.69 Å². The first-order valence-electron chi connectivity index (χ1n) is 9.91.